The van der Waals surface area contributed by atoms with E-state index in [9.17, 15) is 4.79 Å². The molecule has 0 atom stereocenters. The monoisotopic (exact) mass is 335 g/mol. The summed E-state index contributed by atoms with van der Waals surface area (Å²) in [6.07, 6.45) is 5.94. The van der Waals surface area contributed by atoms with Gasteiger partial charge in [-0.1, -0.05) is 35.9 Å². The van der Waals surface area contributed by atoms with E-state index in [2.05, 4.69) is 20.6 Å². The third-order valence-corrected chi connectivity index (χ3v) is 3.80. The van der Waals surface area contributed by atoms with Gasteiger partial charge >= 0.3 is 6.03 Å². The van der Waals surface area contributed by atoms with Crippen molar-refractivity contribution in [3.63, 3.8) is 0 Å². The molecule has 6 nitrogen and oxygen atoms in total. The van der Waals surface area contributed by atoms with Crippen LogP contribution in [0.25, 0.3) is 5.82 Å². The first kappa shape index (κ1) is 16.7. The van der Waals surface area contributed by atoms with Gasteiger partial charge in [-0.2, -0.15) is 0 Å². The average Bonchev–Trinajstić information content (AvgIpc) is 3.16. The molecule has 0 unspecified atom stereocenters. The number of imidazole rings is 1. The minimum absolute atomic E-state index is 0.175. The summed E-state index contributed by atoms with van der Waals surface area (Å²) in [7, 11) is 0. The average molecular weight is 335 g/mol. The summed E-state index contributed by atoms with van der Waals surface area (Å²) < 4.78 is 1.85. The predicted molar refractivity (Wildman–Crippen MR) is 96.5 cm³/mol. The summed E-state index contributed by atoms with van der Waals surface area (Å²) in [5, 5.41) is 5.71. The molecule has 0 fully saturated rings. The van der Waals surface area contributed by atoms with Crippen molar-refractivity contribution in [1.82, 2.24) is 25.2 Å². The Bertz CT molecular complexity index is 812. The Balaban J connectivity index is 1.44. The lowest BCUT2D eigenvalue weighted by atomic mass is 10.1. The number of nitrogens with one attached hydrogen (secondary N) is 2. The third kappa shape index (κ3) is 4.91. The van der Waals surface area contributed by atoms with E-state index in [0.717, 1.165) is 17.1 Å². The van der Waals surface area contributed by atoms with E-state index in [1.165, 1.54) is 5.56 Å². The summed E-state index contributed by atoms with van der Waals surface area (Å²) >= 11 is 0. The van der Waals surface area contributed by atoms with Crippen molar-refractivity contribution in [3.8, 4) is 5.82 Å². The normalized spacial score (nSPS) is 10.4. The minimum Gasteiger partial charge on any atom is -0.338 e. The zero-order chi connectivity index (χ0) is 17.5. The molecule has 6 heteroatoms. The lowest BCUT2D eigenvalue weighted by Gasteiger charge is -2.08. The van der Waals surface area contributed by atoms with Crippen LogP contribution in [0.4, 0.5) is 4.79 Å². The van der Waals surface area contributed by atoms with Gasteiger partial charge in [0.05, 0.1) is 0 Å². The summed E-state index contributed by atoms with van der Waals surface area (Å²) in [5.74, 6) is 0.818. The highest BCUT2D eigenvalue weighted by Gasteiger charge is 2.03. The highest BCUT2D eigenvalue weighted by molar-refractivity contribution is 5.73. The maximum absolute atomic E-state index is 11.9. The van der Waals surface area contributed by atoms with Crippen LogP contribution in [0.2, 0.25) is 0 Å². The third-order valence-electron chi connectivity index (χ3n) is 3.80. The fraction of sp³-hybridized carbons (Fsp3) is 0.211. The fourth-order valence-corrected chi connectivity index (χ4v) is 2.40. The summed E-state index contributed by atoms with van der Waals surface area (Å²) in [6.45, 7) is 3.08. The lowest BCUT2D eigenvalue weighted by Crippen LogP contribution is -2.36. The first-order valence-corrected chi connectivity index (χ1v) is 8.22. The zero-order valence-corrected chi connectivity index (χ0v) is 14.1. The molecule has 0 bridgehead atoms. The van der Waals surface area contributed by atoms with Crippen LogP contribution in [0, 0.1) is 6.92 Å². The highest BCUT2D eigenvalue weighted by Crippen LogP contribution is 2.05. The van der Waals surface area contributed by atoms with Crippen LogP contribution in [0.5, 0.6) is 0 Å². The van der Waals surface area contributed by atoms with Gasteiger partial charge in [0.25, 0.3) is 0 Å². The van der Waals surface area contributed by atoms with Gasteiger partial charge in [0, 0.05) is 37.6 Å². The molecule has 0 aliphatic carbocycles. The molecule has 0 saturated carbocycles. The molecule has 2 N–H and O–H groups in total. The number of aromatic nitrogens is 3. The largest absolute Gasteiger partial charge is 0.338 e. The van der Waals surface area contributed by atoms with Crippen LogP contribution in [-0.4, -0.2) is 27.1 Å². The maximum Gasteiger partial charge on any atom is 0.315 e. The van der Waals surface area contributed by atoms with Crippen LogP contribution in [0.3, 0.4) is 0 Å². The van der Waals surface area contributed by atoms with Crippen molar-refractivity contribution in [3.05, 3.63) is 78.0 Å². The van der Waals surface area contributed by atoms with Crippen LogP contribution in [-0.2, 0) is 13.0 Å². The lowest BCUT2D eigenvalue weighted by molar-refractivity contribution is 0.240. The van der Waals surface area contributed by atoms with Gasteiger partial charge in [0.2, 0.25) is 0 Å². The molecule has 2 aromatic heterocycles. The molecule has 2 heterocycles. The van der Waals surface area contributed by atoms with Crippen LogP contribution in [0.15, 0.2) is 61.2 Å². The van der Waals surface area contributed by atoms with Crippen molar-refractivity contribution in [1.29, 1.82) is 0 Å². The molecule has 0 aliphatic heterocycles. The molecular weight excluding hydrogens is 314 g/mol. The van der Waals surface area contributed by atoms with Gasteiger partial charge < -0.3 is 10.6 Å². The van der Waals surface area contributed by atoms with Gasteiger partial charge in [0.1, 0.15) is 12.1 Å². The van der Waals surface area contributed by atoms with Crippen molar-refractivity contribution < 1.29 is 4.79 Å². The van der Waals surface area contributed by atoms with Gasteiger partial charge in [-0.25, -0.2) is 14.8 Å². The molecule has 25 heavy (non-hydrogen) atoms. The number of carbonyl (C=O) groups is 1. The van der Waals surface area contributed by atoms with Crippen LogP contribution in [0.1, 0.15) is 16.8 Å². The van der Waals surface area contributed by atoms with Gasteiger partial charge in [-0.05, 0) is 24.6 Å². The number of urea groups is 1. The second kappa shape index (κ2) is 8.10. The Morgan fingerprint density at radius 1 is 1.12 bits per heavy atom. The molecule has 3 aromatic rings. The number of rotatable bonds is 6. The van der Waals surface area contributed by atoms with E-state index >= 15 is 0 Å². The highest BCUT2D eigenvalue weighted by atomic mass is 16.2. The molecule has 128 valence electrons. The predicted octanol–water partition coefficient (Wildman–Crippen LogP) is 2.62. The number of aryl methyl sites for hydroxylation is 1. The SMILES string of the molecule is Cc1ccc(CNC(=O)NCCc2cccc(-n3ccnc3)n2)cc1. The number of pyridine rings is 1. The number of carbonyl (C=O) groups excluding carboxylic acids is 1. The fourth-order valence-electron chi connectivity index (χ4n) is 2.40. The van der Waals surface area contributed by atoms with Crippen LogP contribution < -0.4 is 10.6 Å². The number of amides is 2. The molecule has 0 spiro atoms. The number of nitrogens with zero attached hydrogens (tertiary/aromatic N) is 3. The molecule has 0 aliphatic rings. The second-order valence-corrected chi connectivity index (χ2v) is 5.80. The van der Waals surface area contributed by atoms with Gasteiger partial charge in [0.15, 0.2) is 0 Å². The van der Waals surface area contributed by atoms with Gasteiger partial charge in [-0.15, -0.1) is 0 Å². The van der Waals surface area contributed by atoms with Crippen molar-refractivity contribution in [2.75, 3.05) is 6.54 Å². The first-order valence-electron chi connectivity index (χ1n) is 8.22. The first-order chi connectivity index (χ1) is 12.2. The molecule has 2 amide bonds. The number of benzene rings is 1. The zero-order valence-electron chi connectivity index (χ0n) is 14.1. The summed E-state index contributed by atoms with van der Waals surface area (Å²) in [5.41, 5.74) is 3.21. The second-order valence-electron chi connectivity index (χ2n) is 5.80. The van der Waals surface area contributed by atoms with E-state index in [1.807, 2.05) is 60.2 Å². The number of hydrogen-bond acceptors (Lipinski definition) is 3. The van der Waals surface area contributed by atoms with Gasteiger partial charge in [-0.3, -0.25) is 4.57 Å². The Morgan fingerprint density at radius 3 is 2.72 bits per heavy atom. The Morgan fingerprint density at radius 2 is 1.96 bits per heavy atom. The molecular formula is C19H21N5O. The van der Waals surface area contributed by atoms with Crippen molar-refractivity contribution in [2.24, 2.45) is 0 Å². The molecule has 0 saturated heterocycles. The molecule has 1 aromatic carbocycles. The Hall–Kier alpha value is -3.15. The summed E-state index contributed by atoms with van der Waals surface area (Å²) in [6, 6.07) is 13.8. The topological polar surface area (TPSA) is 71.8 Å². The Labute approximate surface area is 146 Å². The van der Waals surface area contributed by atoms with E-state index in [0.29, 0.717) is 19.5 Å². The van der Waals surface area contributed by atoms with Crippen molar-refractivity contribution in [2.45, 2.75) is 19.9 Å². The minimum atomic E-state index is -0.175. The van der Waals surface area contributed by atoms with E-state index < -0.39 is 0 Å². The smallest absolute Gasteiger partial charge is 0.315 e. The Kier molecular flexibility index (Phi) is 5.41. The maximum atomic E-state index is 11.9. The molecule has 3 rings (SSSR count). The quantitative estimate of drug-likeness (QED) is 0.727. The number of hydrogen-bond donors (Lipinski definition) is 2. The molecule has 0 radical (unpaired) electrons. The standard InChI is InChI=1S/C19H21N5O/c1-15-5-7-16(8-6-15)13-22-19(25)21-10-9-17-3-2-4-18(23-17)24-12-11-20-14-24/h2-8,11-12,14H,9-10,13H2,1H3,(H2,21,22,25). The van der Waals surface area contributed by atoms with Crippen molar-refractivity contribution >= 4 is 6.03 Å². The van der Waals surface area contributed by atoms with E-state index in [4.69, 9.17) is 0 Å². The van der Waals surface area contributed by atoms with E-state index in [1.54, 1.807) is 12.5 Å². The van der Waals surface area contributed by atoms with Crippen LogP contribution >= 0.6 is 0 Å². The van der Waals surface area contributed by atoms with E-state index in [-0.39, 0.29) is 6.03 Å². The summed E-state index contributed by atoms with van der Waals surface area (Å²) in [4.78, 5) is 20.5.